The molecule has 31 heavy (non-hydrogen) atoms. The number of ether oxygens (including phenoxy) is 3. The number of amides is 2. The second kappa shape index (κ2) is 9.60. The fourth-order valence-corrected chi connectivity index (χ4v) is 2.82. The van der Waals surface area contributed by atoms with Gasteiger partial charge in [-0.05, 0) is 12.1 Å². The van der Waals surface area contributed by atoms with E-state index in [0.29, 0.717) is 5.69 Å². The van der Waals surface area contributed by atoms with Gasteiger partial charge in [-0.3, -0.25) is 0 Å². The largest absolute Gasteiger partial charge is 0.475 e. The summed E-state index contributed by atoms with van der Waals surface area (Å²) in [6.45, 7) is 0.506. The number of benzene rings is 1. The third-order valence-electron chi connectivity index (χ3n) is 4.30. The molecule has 0 bridgehead atoms. The molecule has 1 atom stereocenters. The predicted octanol–water partition coefficient (Wildman–Crippen LogP) is 2.59. The number of anilines is 1. The van der Waals surface area contributed by atoms with Crippen molar-refractivity contribution in [2.75, 3.05) is 38.7 Å². The van der Waals surface area contributed by atoms with Crippen LogP contribution in [0.5, 0.6) is 5.88 Å². The van der Waals surface area contributed by atoms with Gasteiger partial charge in [0, 0.05) is 18.8 Å². The van der Waals surface area contributed by atoms with E-state index in [4.69, 9.17) is 14.2 Å². The molecule has 1 saturated heterocycles. The van der Waals surface area contributed by atoms with Crippen molar-refractivity contribution in [3.63, 3.8) is 0 Å². The number of hydrogen-bond donors (Lipinski definition) is 1. The van der Waals surface area contributed by atoms with Crippen molar-refractivity contribution in [2.24, 2.45) is 0 Å². The summed E-state index contributed by atoms with van der Waals surface area (Å²) in [5.41, 5.74) is 0.495. The molecule has 12 heteroatoms. The zero-order valence-electron chi connectivity index (χ0n) is 16.4. The normalized spacial score (nSPS) is 16.5. The molecule has 3 rings (SSSR count). The minimum absolute atomic E-state index is 0.114. The Labute approximate surface area is 175 Å². The number of nitrogens with one attached hydrogen (secondary N) is 1. The molecule has 1 unspecified atom stereocenters. The highest BCUT2D eigenvalue weighted by Crippen LogP contribution is 2.26. The molecule has 1 N–H and O–H groups in total. The van der Waals surface area contributed by atoms with E-state index in [1.807, 2.05) is 0 Å². The van der Waals surface area contributed by atoms with Crippen LogP contribution in [0.4, 0.5) is 23.7 Å². The molecule has 2 heterocycles. The summed E-state index contributed by atoms with van der Waals surface area (Å²) < 4.78 is 53.6. The molecular formula is C19H19F3N4O5. The lowest BCUT2D eigenvalue weighted by Gasteiger charge is -2.32. The average Bonchev–Trinajstić information content (AvgIpc) is 2.77. The van der Waals surface area contributed by atoms with Gasteiger partial charge < -0.3 is 24.4 Å². The molecule has 0 spiro atoms. The number of para-hydroxylation sites is 1. The smallest absolute Gasteiger partial charge is 0.451 e. The fraction of sp³-hybridized carbons (Fsp3) is 0.368. The van der Waals surface area contributed by atoms with E-state index in [-0.39, 0.29) is 37.7 Å². The molecule has 1 aromatic heterocycles. The van der Waals surface area contributed by atoms with Gasteiger partial charge in [0.15, 0.2) is 0 Å². The molecule has 1 aromatic carbocycles. The Morgan fingerprint density at radius 2 is 2.06 bits per heavy atom. The number of carbonyl (C=O) groups excluding carboxylic acids is 2. The van der Waals surface area contributed by atoms with E-state index in [0.717, 1.165) is 6.20 Å². The number of alkyl halides is 3. The van der Waals surface area contributed by atoms with Crippen LogP contribution in [0.3, 0.4) is 0 Å². The Morgan fingerprint density at radius 1 is 1.29 bits per heavy atom. The second-order valence-corrected chi connectivity index (χ2v) is 6.43. The summed E-state index contributed by atoms with van der Waals surface area (Å²) in [5.74, 6) is -2.15. The van der Waals surface area contributed by atoms with Gasteiger partial charge in [0.05, 0.1) is 31.5 Å². The maximum atomic E-state index is 12.7. The van der Waals surface area contributed by atoms with E-state index in [9.17, 15) is 22.8 Å². The lowest BCUT2D eigenvalue weighted by molar-refractivity contribution is -0.145. The number of methoxy groups -OCH3 is 1. The van der Waals surface area contributed by atoms with E-state index in [2.05, 4.69) is 15.3 Å². The highest BCUT2D eigenvalue weighted by Gasteiger charge is 2.35. The van der Waals surface area contributed by atoms with Gasteiger partial charge in [0.1, 0.15) is 12.7 Å². The number of halogens is 3. The number of morpholine rings is 1. The lowest BCUT2D eigenvalue weighted by Crippen LogP contribution is -2.49. The molecule has 2 amide bonds. The third-order valence-corrected chi connectivity index (χ3v) is 4.30. The topological polar surface area (TPSA) is 103 Å². The number of nitrogens with zero attached hydrogens (tertiary/aromatic N) is 3. The maximum absolute atomic E-state index is 12.7. The molecule has 2 aromatic rings. The Balaban J connectivity index is 1.59. The standard InChI is InChI=1S/C19H19F3N4O5/c1-29-16(27)13-4-2-3-5-14(13)24-18(28)26-8-9-30-12(10-26)11-31-15-6-7-23-17(25-15)19(20,21)22/h2-7,12H,8-11H2,1H3,(H,24,28). The molecule has 0 aliphatic carbocycles. The monoisotopic (exact) mass is 440 g/mol. The van der Waals surface area contributed by atoms with Crippen LogP contribution in [0.25, 0.3) is 0 Å². The quantitative estimate of drug-likeness (QED) is 0.713. The highest BCUT2D eigenvalue weighted by atomic mass is 19.4. The van der Waals surface area contributed by atoms with Crippen LogP contribution in [-0.2, 0) is 15.7 Å². The van der Waals surface area contributed by atoms with E-state index in [1.165, 1.54) is 24.1 Å². The first kappa shape index (κ1) is 22.3. The number of rotatable bonds is 5. The van der Waals surface area contributed by atoms with Gasteiger partial charge in [0.25, 0.3) is 0 Å². The lowest BCUT2D eigenvalue weighted by atomic mass is 10.2. The Morgan fingerprint density at radius 3 is 2.81 bits per heavy atom. The molecular weight excluding hydrogens is 421 g/mol. The molecule has 166 valence electrons. The Bertz CT molecular complexity index is 941. The van der Waals surface area contributed by atoms with E-state index >= 15 is 0 Å². The first-order chi connectivity index (χ1) is 14.8. The predicted molar refractivity (Wildman–Crippen MR) is 101 cm³/mol. The van der Waals surface area contributed by atoms with E-state index < -0.39 is 30.1 Å². The first-order valence-electron chi connectivity index (χ1n) is 9.16. The van der Waals surface area contributed by atoms with Crippen LogP contribution >= 0.6 is 0 Å². The number of urea groups is 1. The first-order valence-corrected chi connectivity index (χ1v) is 9.16. The van der Waals surface area contributed by atoms with Crippen molar-refractivity contribution in [3.8, 4) is 5.88 Å². The van der Waals surface area contributed by atoms with Crippen molar-refractivity contribution in [1.29, 1.82) is 0 Å². The summed E-state index contributed by atoms with van der Waals surface area (Å²) in [5, 5.41) is 2.66. The summed E-state index contributed by atoms with van der Waals surface area (Å²) in [4.78, 5) is 32.4. The van der Waals surface area contributed by atoms with Gasteiger partial charge in [-0.1, -0.05) is 12.1 Å². The van der Waals surface area contributed by atoms with Gasteiger partial charge >= 0.3 is 18.2 Å². The molecule has 9 nitrogen and oxygen atoms in total. The molecule has 0 radical (unpaired) electrons. The average molecular weight is 440 g/mol. The van der Waals surface area contributed by atoms with Crippen LogP contribution in [0.15, 0.2) is 36.5 Å². The molecule has 0 saturated carbocycles. The molecule has 1 aliphatic rings. The zero-order valence-corrected chi connectivity index (χ0v) is 16.4. The summed E-state index contributed by atoms with van der Waals surface area (Å²) in [6, 6.07) is 7.13. The van der Waals surface area contributed by atoms with Crippen LogP contribution in [0, 0.1) is 0 Å². The van der Waals surface area contributed by atoms with Gasteiger partial charge in [-0.25, -0.2) is 14.6 Å². The van der Waals surface area contributed by atoms with Gasteiger partial charge in [-0.2, -0.15) is 18.2 Å². The number of aromatic nitrogens is 2. The minimum atomic E-state index is -4.68. The van der Waals surface area contributed by atoms with Crippen molar-refractivity contribution >= 4 is 17.7 Å². The zero-order chi connectivity index (χ0) is 22.4. The number of esters is 1. The van der Waals surface area contributed by atoms with Gasteiger partial charge in [-0.15, -0.1) is 0 Å². The molecule has 1 aliphatic heterocycles. The third kappa shape index (κ3) is 5.81. The fourth-order valence-electron chi connectivity index (χ4n) is 2.82. The minimum Gasteiger partial charge on any atom is -0.475 e. The van der Waals surface area contributed by atoms with E-state index in [1.54, 1.807) is 18.2 Å². The number of carbonyl (C=O) groups is 2. The summed E-state index contributed by atoms with van der Waals surface area (Å²) in [7, 11) is 1.24. The van der Waals surface area contributed by atoms with Crippen LogP contribution in [-0.4, -0.2) is 66.4 Å². The van der Waals surface area contributed by atoms with Crippen LogP contribution in [0.2, 0.25) is 0 Å². The maximum Gasteiger partial charge on any atom is 0.451 e. The number of hydrogen-bond acceptors (Lipinski definition) is 7. The van der Waals surface area contributed by atoms with Crippen molar-refractivity contribution < 1.29 is 37.0 Å². The Hall–Kier alpha value is -3.41. The second-order valence-electron chi connectivity index (χ2n) is 6.43. The molecule has 1 fully saturated rings. The Kier molecular flexibility index (Phi) is 6.90. The van der Waals surface area contributed by atoms with Gasteiger partial charge in [0.2, 0.25) is 11.7 Å². The summed E-state index contributed by atoms with van der Waals surface area (Å²) in [6.07, 6.45) is -4.32. The van der Waals surface area contributed by atoms with Crippen molar-refractivity contribution in [3.05, 3.63) is 47.9 Å². The van der Waals surface area contributed by atoms with Crippen LogP contribution in [0.1, 0.15) is 16.2 Å². The SMILES string of the molecule is COC(=O)c1ccccc1NC(=O)N1CCOC(COc2ccnc(C(F)(F)F)n2)C1. The van der Waals surface area contributed by atoms with Crippen molar-refractivity contribution in [2.45, 2.75) is 12.3 Å². The highest BCUT2D eigenvalue weighted by molar-refractivity contribution is 6.00. The van der Waals surface area contributed by atoms with Crippen molar-refractivity contribution in [1.82, 2.24) is 14.9 Å². The summed E-state index contributed by atoms with van der Waals surface area (Å²) >= 11 is 0. The van der Waals surface area contributed by atoms with Crippen LogP contribution < -0.4 is 10.1 Å².